The molecule has 1 fully saturated rings. The second kappa shape index (κ2) is 6.41. The van der Waals surface area contributed by atoms with E-state index < -0.39 is 17.6 Å². The molecule has 1 saturated heterocycles. The van der Waals surface area contributed by atoms with Crippen LogP contribution in [0, 0.1) is 17.6 Å². The first-order valence-corrected chi connectivity index (χ1v) is 8.82. The van der Waals surface area contributed by atoms with Crippen molar-refractivity contribution in [2.45, 2.75) is 0 Å². The second-order valence-electron chi connectivity index (χ2n) is 6.66. The van der Waals surface area contributed by atoms with Gasteiger partial charge in [0.2, 0.25) is 5.95 Å². The summed E-state index contributed by atoms with van der Waals surface area (Å²) < 4.78 is 43.5. The average molecular weight is 387 g/mol. The van der Waals surface area contributed by atoms with E-state index in [1.165, 1.54) is 16.7 Å². The molecule has 3 N–H and O–H groups in total. The molecular weight excluding hydrogens is 371 g/mol. The highest BCUT2D eigenvalue weighted by Crippen LogP contribution is 2.31. The number of imidazole rings is 1. The lowest BCUT2D eigenvalue weighted by Crippen LogP contribution is -2.43. The predicted octanol–water partition coefficient (Wildman–Crippen LogP) is 2.78. The summed E-state index contributed by atoms with van der Waals surface area (Å²) in [6, 6.07) is 4.48. The largest absolute Gasteiger partial charge is 0.369 e. The van der Waals surface area contributed by atoms with Crippen molar-refractivity contribution in [1.82, 2.24) is 24.9 Å². The topological polar surface area (TPSA) is 73.3 Å². The molecule has 7 nitrogen and oxygen atoms in total. The van der Waals surface area contributed by atoms with Gasteiger partial charge in [0.25, 0.3) is 0 Å². The zero-order valence-electron chi connectivity index (χ0n) is 14.6. The van der Waals surface area contributed by atoms with Gasteiger partial charge in [-0.25, -0.2) is 8.78 Å². The highest BCUT2D eigenvalue weighted by Gasteiger charge is 2.18. The summed E-state index contributed by atoms with van der Waals surface area (Å²) >= 11 is 0. The van der Waals surface area contributed by atoms with Crippen molar-refractivity contribution >= 4 is 33.7 Å². The van der Waals surface area contributed by atoms with E-state index in [1.807, 2.05) is 6.07 Å². The van der Waals surface area contributed by atoms with Gasteiger partial charge in [0, 0.05) is 44.1 Å². The van der Waals surface area contributed by atoms with Crippen molar-refractivity contribution in [3.05, 3.63) is 48.2 Å². The van der Waals surface area contributed by atoms with Crippen LogP contribution in [-0.2, 0) is 0 Å². The summed E-state index contributed by atoms with van der Waals surface area (Å²) in [5, 5.41) is 13.4. The molecular formula is C18H16F3N7. The Morgan fingerprint density at radius 1 is 1.00 bits per heavy atom. The molecule has 0 amide bonds. The number of halogens is 3. The minimum atomic E-state index is -0.784. The number of rotatable bonds is 3. The molecule has 144 valence electrons. The summed E-state index contributed by atoms with van der Waals surface area (Å²) in [5.74, 6) is -1.70. The summed E-state index contributed by atoms with van der Waals surface area (Å²) in [6.45, 7) is 3.28. The molecule has 0 saturated carbocycles. The lowest BCUT2D eigenvalue weighted by atomic mass is 10.2. The first kappa shape index (κ1) is 16.9. The fourth-order valence-corrected chi connectivity index (χ4v) is 3.52. The third-order valence-corrected chi connectivity index (χ3v) is 4.82. The van der Waals surface area contributed by atoms with Gasteiger partial charge in [-0.2, -0.15) is 14.5 Å². The number of nitrogens with zero attached hydrogens (tertiary/aromatic N) is 4. The Kier molecular flexibility index (Phi) is 3.86. The lowest BCUT2D eigenvalue weighted by Gasteiger charge is -2.29. The standard InChI is InChI=1S/C18H16F3N7/c19-12-6-11(27-3-1-22-2-4-27)7-14-16(12)17(26-25-14)23-10-5-13(20)18-24-15(21)9-28(18)8-10/h5-9,22H,1-4H2,(H2,23,25,26). The van der Waals surface area contributed by atoms with E-state index in [0.29, 0.717) is 11.2 Å². The maximum atomic E-state index is 14.9. The van der Waals surface area contributed by atoms with Crippen LogP contribution in [0.25, 0.3) is 16.6 Å². The number of piperazine rings is 1. The van der Waals surface area contributed by atoms with Gasteiger partial charge in [-0.15, -0.1) is 0 Å². The number of aromatic nitrogens is 4. The van der Waals surface area contributed by atoms with Crippen molar-refractivity contribution in [1.29, 1.82) is 0 Å². The van der Waals surface area contributed by atoms with Gasteiger partial charge in [-0.3, -0.25) is 9.50 Å². The number of H-pyrrole nitrogens is 1. The Morgan fingerprint density at radius 2 is 1.82 bits per heavy atom. The van der Waals surface area contributed by atoms with Crippen LogP contribution in [0.2, 0.25) is 0 Å². The number of pyridine rings is 1. The number of anilines is 3. The molecule has 0 bridgehead atoms. The minimum Gasteiger partial charge on any atom is -0.369 e. The summed E-state index contributed by atoms with van der Waals surface area (Å²) in [7, 11) is 0. The van der Waals surface area contributed by atoms with Crippen LogP contribution in [0.4, 0.5) is 30.4 Å². The fraction of sp³-hybridized carbons (Fsp3) is 0.222. The summed E-state index contributed by atoms with van der Waals surface area (Å²) in [6.07, 6.45) is 2.52. The Labute approximate surface area is 157 Å². The molecule has 10 heteroatoms. The number of hydrogen-bond donors (Lipinski definition) is 3. The van der Waals surface area contributed by atoms with Crippen LogP contribution in [0.15, 0.2) is 30.6 Å². The van der Waals surface area contributed by atoms with E-state index in [4.69, 9.17) is 0 Å². The van der Waals surface area contributed by atoms with Crippen molar-refractivity contribution in [3.63, 3.8) is 0 Å². The smallest absolute Gasteiger partial charge is 0.231 e. The molecule has 1 aliphatic rings. The maximum Gasteiger partial charge on any atom is 0.231 e. The monoisotopic (exact) mass is 387 g/mol. The zero-order valence-corrected chi connectivity index (χ0v) is 14.6. The highest BCUT2D eigenvalue weighted by atomic mass is 19.1. The second-order valence-corrected chi connectivity index (χ2v) is 6.66. The molecule has 1 aromatic carbocycles. The Hall–Kier alpha value is -3.27. The third-order valence-electron chi connectivity index (χ3n) is 4.82. The number of aromatic amines is 1. The van der Waals surface area contributed by atoms with E-state index in [0.717, 1.165) is 44.1 Å². The highest BCUT2D eigenvalue weighted by molar-refractivity contribution is 5.94. The quantitative estimate of drug-likeness (QED) is 0.504. The van der Waals surface area contributed by atoms with Crippen molar-refractivity contribution in [3.8, 4) is 0 Å². The Balaban J connectivity index is 1.51. The average Bonchev–Trinajstić information content (AvgIpc) is 3.26. The number of nitrogens with one attached hydrogen (secondary N) is 3. The van der Waals surface area contributed by atoms with Crippen LogP contribution in [0.5, 0.6) is 0 Å². The van der Waals surface area contributed by atoms with Crippen LogP contribution in [0.3, 0.4) is 0 Å². The molecule has 0 aliphatic carbocycles. The Morgan fingerprint density at radius 3 is 2.64 bits per heavy atom. The normalized spacial score (nSPS) is 14.9. The third kappa shape index (κ3) is 2.82. The van der Waals surface area contributed by atoms with Crippen LogP contribution in [0.1, 0.15) is 0 Å². The van der Waals surface area contributed by atoms with Crippen LogP contribution >= 0.6 is 0 Å². The van der Waals surface area contributed by atoms with Crippen LogP contribution in [-0.4, -0.2) is 45.8 Å². The van der Waals surface area contributed by atoms with Crippen molar-refractivity contribution in [2.75, 3.05) is 36.4 Å². The minimum absolute atomic E-state index is 0.123. The molecule has 4 aromatic rings. The molecule has 0 radical (unpaired) electrons. The maximum absolute atomic E-state index is 14.9. The molecule has 4 heterocycles. The van der Waals surface area contributed by atoms with Gasteiger partial charge >= 0.3 is 0 Å². The molecule has 3 aromatic heterocycles. The van der Waals surface area contributed by atoms with E-state index in [2.05, 4.69) is 30.7 Å². The SMILES string of the molecule is Fc1cn2cc(Nc3n[nH]c4cc(N5CCNCC5)cc(F)c34)cc(F)c2n1. The molecule has 0 atom stereocenters. The van der Waals surface area contributed by atoms with Crippen molar-refractivity contribution in [2.24, 2.45) is 0 Å². The van der Waals surface area contributed by atoms with Gasteiger partial charge in [0.05, 0.1) is 22.8 Å². The van der Waals surface area contributed by atoms with Crippen LogP contribution < -0.4 is 15.5 Å². The molecule has 5 rings (SSSR count). The van der Waals surface area contributed by atoms with Gasteiger partial charge < -0.3 is 15.5 Å². The first-order valence-electron chi connectivity index (χ1n) is 8.82. The molecule has 1 aliphatic heterocycles. The molecule has 0 unspecified atom stereocenters. The Bertz CT molecular complexity index is 1180. The molecule has 0 spiro atoms. The summed E-state index contributed by atoms with van der Waals surface area (Å²) in [5.41, 5.74) is 1.48. The van der Waals surface area contributed by atoms with E-state index in [-0.39, 0.29) is 16.9 Å². The van der Waals surface area contributed by atoms with E-state index in [9.17, 15) is 13.2 Å². The molecule has 28 heavy (non-hydrogen) atoms. The first-order chi connectivity index (χ1) is 13.6. The zero-order chi connectivity index (χ0) is 19.3. The number of benzene rings is 1. The number of fused-ring (bicyclic) bond motifs is 2. The van der Waals surface area contributed by atoms with Gasteiger partial charge in [-0.1, -0.05) is 0 Å². The summed E-state index contributed by atoms with van der Waals surface area (Å²) in [4.78, 5) is 5.57. The van der Waals surface area contributed by atoms with Gasteiger partial charge in [0.15, 0.2) is 17.3 Å². The van der Waals surface area contributed by atoms with Gasteiger partial charge in [0.1, 0.15) is 5.82 Å². The van der Waals surface area contributed by atoms with Gasteiger partial charge in [-0.05, 0) is 12.1 Å². The predicted molar refractivity (Wildman–Crippen MR) is 99.5 cm³/mol. The van der Waals surface area contributed by atoms with Crippen molar-refractivity contribution < 1.29 is 13.2 Å². The van der Waals surface area contributed by atoms with E-state index >= 15 is 0 Å². The number of hydrogen-bond acceptors (Lipinski definition) is 5. The fourth-order valence-electron chi connectivity index (χ4n) is 3.52. The van der Waals surface area contributed by atoms with E-state index in [1.54, 1.807) is 0 Å². The lowest BCUT2D eigenvalue weighted by molar-refractivity contribution is 0.586.